The molecule has 0 fully saturated rings. The standard InChI is InChI=1S/C11H20ClN3O2S/c1-8(12)6-5-7-13-18(16,17)11-9(2)14-15(4)10(11)3/h8,13H,5-7H2,1-4H3. The van der Waals surface area contributed by atoms with Gasteiger partial charge in [0.2, 0.25) is 10.0 Å². The Bertz CT molecular complexity index is 509. The van der Waals surface area contributed by atoms with E-state index in [1.807, 2.05) is 6.92 Å². The van der Waals surface area contributed by atoms with E-state index in [-0.39, 0.29) is 10.3 Å². The molecule has 0 saturated heterocycles. The van der Waals surface area contributed by atoms with E-state index in [0.29, 0.717) is 17.9 Å². The molecule has 0 aromatic carbocycles. The number of hydrogen-bond acceptors (Lipinski definition) is 3. The van der Waals surface area contributed by atoms with Gasteiger partial charge in [-0.15, -0.1) is 11.6 Å². The molecule has 1 heterocycles. The fourth-order valence-corrected chi connectivity index (χ4v) is 3.47. The summed E-state index contributed by atoms with van der Waals surface area (Å²) in [4.78, 5) is 0.281. The van der Waals surface area contributed by atoms with Gasteiger partial charge >= 0.3 is 0 Å². The van der Waals surface area contributed by atoms with Gasteiger partial charge in [0.1, 0.15) is 4.90 Å². The molecule has 1 aromatic rings. The lowest BCUT2D eigenvalue weighted by atomic mass is 10.2. The van der Waals surface area contributed by atoms with Crippen LogP contribution in [0.3, 0.4) is 0 Å². The molecular weight excluding hydrogens is 274 g/mol. The molecule has 1 rings (SSSR count). The van der Waals surface area contributed by atoms with Crippen molar-refractivity contribution >= 4 is 21.6 Å². The van der Waals surface area contributed by atoms with Crippen molar-refractivity contribution in [2.24, 2.45) is 7.05 Å². The number of nitrogens with one attached hydrogen (secondary N) is 1. The maximum Gasteiger partial charge on any atom is 0.244 e. The second-order valence-electron chi connectivity index (χ2n) is 4.44. The van der Waals surface area contributed by atoms with Crippen LogP contribution in [0.5, 0.6) is 0 Å². The lowest BCUT2D eigenvalue weighted by molar-refractivity contribution is 0.574. The molecule has 0 bridgehead atoms. The van der Waals surface area contributed by atoms with Crippen LogP contribution in [-0.2, 0) is 17.1 Å². The Balaban J connectivity index is 2.75. The Hall–Kier alpha value is -0.590. The minimum absolute atomic E-state index is 0.0661. The second kappa shape index (κ2) is 6.04. The number of alkyl halides is 1. The quantitative estimate of drug-likeness (QED) is 0.642. The molecule has 1 aromatic heterocycles. The molecule has 0 aliphatic carbocycles. The van der Waals surface area contributed by atoms with E-state index in [1.165, 1.54) is 0 Å². The predicted octanol–water partition coefficient (Wildman–Crippen LogP) is 1.72. The first-order valence-corrected chi connectivity index (χ1v) is 7.81. The largest absolute Gasteiger partial charge is 0.271 e. The molecule has 1 unspecified atom stereocenters. The zero-order valence-corrected chi connectivity index (χ0v) is 12.8. The molecule has 0 aliphatic heterocycles. The zero-order valence-electron chi connectivity index (χ0n) is 11.2. The molecule has 0 aliphatic rings. The topological polar surface area (TPSA) is 64.0 Å². The highest BCUT2D eigenvalue weighted by Crippen LogP contribution is 2.18. The van der Waals surface area contributed by atoms with E-state index in [4.69, 9.17) is 11.6 Å². The summed E-state index contributed by atoms with van der Waals surface area (Å²) in [5.74, 6) is 0. The van der Waals surface area contributed by atoms with Gasteiger partial charge in [0, 0.05) is 19.0 Å². The van der Waals surface area contributed by atoms with Crippen LogP contribution < -0.4 is 4.72 Å². The average molecular weight is 294 g/mol. The molecule has 0 radical (unpaired) electrons. The Morgan fingerprint density at radius 2 is 2.06 bits per heavy atom. The molecule has 1 atom stereocenters. The summed E-state index contributed by atoms with van der Waals surface area (Å²) in [5.41, 5.74) is 1.17. The first-order valence-electron chi connectivity index (χ1n) is 5.89. The average Bonchev–Trinajstić information content (AvgIpc) is 2.48. The zero-order chi connectivity index (χ0) is 13.9. The maximum atomic E-state index is 12.1. The number of sulfonamides is 1. The van der Waals surface area contributed by atoms with Crippen LogP contribution in [0, 0.1) is 13.8 Å². The number of nitrogens with zero attached hydrogens (tertiary/aromatic N) is 2. The van der Waals surface area contributed by atoms with Crippen LogP contribution in [0.25, 0.3) is 0 Å². The van der Waals surface area contributed by atoms with Crippen molar-refractivity contribution < 1.29 is 8.42 Å². The van der Waals surface area contributed by atoms with Crippen LogP contribution in [0.2, 0.25) is 0 Å². The fraction of sp³-hybridized carbons (Fsp3) is 0.727. The van der Waals surface area contributed by atoms with Crippen molar-refractivity contribution in [3.8, 4) is 0 Å². The van der Waals surface area contributed by atoms with Crippen LogP contribution in [0.15, 0.2) is 4.90 Å². The molecule has 18 heavy (non-hydrogen) atoms. The number of halogens is 1. The normalized spacial score (nSPS) is 13.8. The fourth-order valence-electron chi connectivity index (χ4n) is 1.81. The molecule has 0 spiro atoms. The SMILES string of the molecule is Cc1nn(C)c(C)c1S(=O)(=O)NCCCC(C)Cl. The molecule has 5 nitrogen and oxygen atoms in total. The van der Waals surface area contributed by atoms with Crippen molar-refractivity contribution in [2.45, 2.75) is 43.9 Å². The van der Waals surface area contributed by atoms with E-state index >= 15 is 0 Å². The molecule has 0 saturated carbocycles. The number of rotatable bonds is 6. The Morgan fingerprint density at radius 3 is 2.50 bits per heavy atom. The predicted molar refractivity (Wildman–Crippen MR) is 72.4 cm³/mol. The summed E-state index contributed by atoms with van der Waals surface area (Å²) in [6, 6.07) is 0. The van der Waals surface area contributed by atoms with Crippen molar-refractivity contribution in [2.75, 3.05) is 6.54 Å². The third-order valence-corrected chi connectivity index (χ3v) is 4.71. The first-order chi connectivity index (χ1) is 8.25. The first kappa shape index (κ1) is 15.5. The lowest BCUT2D eigenvalue weighted by Gasteiger charge is -2.07. The summed E-state index contributed by atoms with van der Waals surface area (Å²) in [5, 5.41) is 4.18. The van der Waals surface area contributed by atoms with E-state index < -0.39 is 10.0 Å². The van der Waals surface area contributed by atoms with E-state index in [0.717, 1.165) is 12.8 Å². The van der Waals surface area contributed by atoms with Gasteiger partial charge in [-0.25, -0.2) is 13.1 Å². The van der Waals surface area contributed by atoms with Gasteiger partial charge < -0.3 is 0 Å². The molecule has 1 N–H and O–H groups in total. The van der Waals surface area contributed by atoms with Crippen molar-refractivity contribution in [3.05, 3.63) is 11.4 Å². The van der Waals surface area contributed by atoms with Crippen LogP contribution >= 0.6 is 11.6 Å². The highest BCUT2D eigenvalue weighted by molar-refractivity contribution is 7.89. The summed E-state index contributed by atoms with van der Waals surface area (Å²) in [6.07, 6.45) is 1.51. The summed E-state index contributed by atoms with van der Waals surface area (Å²) < 4.78 is 28.4. The van der Waals surface area contributed by atoms with Crippen LogP contribution in [0.1, 0.15) is 31.2 Å². The highest BCUT2D eigenvalue weighted by atomic mass is 35.5. The van der Waals surface area contributed by atoms with Gasteiger partial charge in [-0.3, -0.25) is 4.68 Å². The maximum absolute atomic E-state index is 12.1. The number of aryl methyl sites for hydroxylation is 2. The van der Waals surface area contributed by atoms with E-state index in [2.05, 4.69) is 9.82 Å². The van der Waals surface area contributed by atoms with Crippen molar-refractivity contribution in [3.63, 3.8) is 0 Å². The molecule has 7 heteroatoms. The van der Waals surface area contributed by atoms with Gasteiger partial charge in [0.15, 0.2) is 0 Å². The van der Waals surface area contributed by atoms with Gasteiger partial charge in [0.25, 0.3) is 0 Å². The Labute approximate surface area is 114 Å². The summed E-state index contributed by atoms with van der Waals surface area (Å²) in [7, 11) is -1.74. The van der Waals surface area contributed by atoms with Gasteiger partial charge in [0.05, 0.1) is 11.4 Å². The molecule has 104 valence electrons. The Kier molecular flexibility index (Phi) is 5.19. The summed E-state index contributed by atoms with van der Waals surface area (Å²) in [6.45, 7) is 5.73. The second-order valence-corrected chi connectivity index (χ2v) is 6.89. The minimum Gasteiger partial charge on any atom is -0.271 e. The third kappa shape index (κ3) is 3.70. The van der Waals surface area contributed by atoms with Crippen LogP contribution in [-0.4, -0.2) is 30.1 Å². The third-order valence-electron chi connectivity index (χ3n) is 2.78. The van der Waals surface area contributed by atoms with E-state index in [1.54, 1.807) is 25.6 Å². The Morgan fingerprint density at radius 1 is 1.44 bits per heavy atom. The highest BCUT2D eigenvalue weighted by Gasteiger charge is 2.23. The minimum atomic E-state index is -3.48. The number of hydrogen-bond donors (Lipinski definition) is 1. The lowest BCUT2D eigenvalue weighted by Crippen LogP contribution is -2.26. The molecule has 0 amide bonds. The molecular formula is C11H20ClN3O2S. The van der Waals surface area contributed by atoms with Crippen molar-refractivity contribution in [1.82, 2.24) is 14.5 Å². The van der Waals surface area contributed by atoms with Gasteiger partial charge in [-0.05, 0) is 33.6 Å². The number of aromatic nitrogens is 2. The summed E-state index contributed by atoms with van der Waals surface area (Å²) >= 11 is 5.81. The van der Waals surface area contributed by atoms with Crippen molar-refractivity contribution in [1.29, 1.82) is 0 Å². The van der Waals surface area contributed by atoms with Gasteiger partial charge in [-0.2, -0.15) is 5.10 Å². The monoisotopic (exact) mass is 293 g/mol. The van der Waals surface area contributed by atoms with Crippen LogP contribution in [0.4, 0.5) is 0 Å². The smallest absolute Gasteiger partial charge is 0.244 e. The van der Waals surface area contributed by atoms with Gasteiger partial charge in [-0.1, -0.05) is 0 Å². The van der Waals surface area contributed by atoms with E-state index in [9.17, 15) is 8.42 Å².